The van der Waals surface area contributed by atoms with Crippen LogP contribution in [0.1, 0.15) is 24.8 Å². The number of carbonyl (C=O) groups is 1. The highest BCUT2D eigenvalue weighted by atomic mass is 16.2. The maximum atomic E-state index is 11.9. The summed E-state index contributed by atoms with van der Waals surface area (Å²) in [5, 5.41) is 6.30. The van der Waals surface area contributed by atoms with Crippen LogP contribution in [0, 0.1) is 0 Å². The Morgan fingerprint density at radius 2 is 2.15 bits per heavy atom. The predicted molar refractivity (Wildman–Crippen MR) is 81.4 cm³/mol. The molecular weight excluding hydrogens is 250 g/mol. The third-order valence-corrected chi connectivity index (χ3v) is 3.71. The Morgan fingerprint density at radius 1 is 1.35 bits per heavy atom. The van der Waals surface area contributed by atoms with Crippen LogP contribution in [-0.2, 0) is 11.3 Å². The van der Waals surface area contributed by atoms with Crippen molar-refractivity contribution in [1.29, 1.82) is 0 Å². The van der Waals surface area contributed by atoms with Crippen LogP contribution in [0.3, 0.4) is 0 Å². The van der Waals surface area contributed by atoms with E-state index in [0.29, 0.717) is 6.54 Å². The zero-order valence-corrected chi connectivity index (χ0v) is 12.3. The number of amides is 1. The van der Waals surface area contributed by atoms with Crippen LogP contribution in [0.5, 0.6) is 0 Å². The second-order valence-electron chi connectivity index (χ2n) is 5.52. The maximum Gasteiger partial charge on any atom is 0.237 e. The normalized spacial score (nSPS) is 19.0. The fourth-order valence-corrected chi connectivity index (χ4v) is 2.54. The van der Waals surface area contributed by atoms with Crippen LogP contribution < -0.4 is 10.6 Å². The Balaban J connectivity index is 1.63. The van der Waals surface area contributed by atoms with Crippen molar-refractivity contribution < 1.29 is 4.79 Å². The van der Waals surface area contributed by atoms with Crippen molar-refractivity contribution in [3.63, 3.8) is 0 Å². The first-order valence-corrected chi connectivity index (χ1v) is 7.49. The molecule has 0 radical (unpaired) electrons. The summed E-state index contributed by atoms with van der Waals surface area (Å²) in [4.78, 5) is 14.2. The van der Waals surface area contributed by atoms with Gasteiger partial charge in [-0.3, -0.25) is 4.79 Å². The van der Waals surface area contributed by atoms with Crippen molar-refractivity contribution in [2.45, 2.75) is 31.8 Å². The molecule has 1 fully saturated rings. The minimum absolute atomic E-state index is 0.0168. The van der Waals surface area contributed by atoms with E-state index in [1.54, 1.807) is 0 Å². The molecule has 4 heteroatoms. The summed E-state index contributed by atoms with van der Waals surface area (Å²) >= 11 is 0. The Bertz CT molecular complexity index is 401. The van der Waals surface area contributed by atoms with Crippen molar-refractivity contribution in [2.24, 2.45) is 0 Å². The quantitative estimate of drug-likeness (QED) is 0.824. The number of piperidine rings is 1. The fraction of sp³-hybridized carbons (Fsp3) is 0.562. The SMILES string of the molecule is CN(CCNC(=O)[C@H]1CCCCN1)Cc1ccccc1. The van der Waals surface area contributed by atoms with E-state index in [2.05, 4.69) is 46.8 Å². The first-order valence-electron chi connectivity index (χ1n) is 7.49. The highest BCUT2D eigenvalue weighted by molar-refractivity contribution is 5.81. The van der Waals surface area contributed by atoms with Crippen LogP contribution >= 0.6 is 0 Å². The van der Waals surface area contributed by atoms with Crippen LogP contribution in [0.2, 0.25) is 0 Å². The number of rotatable bonds is 6. The molecule has 110 valence electrons. The average molecular weight is 275 g/mol. The zero-order chi connectivity index (χ0) is 14.2. The van der Waals surface area contributed by atoms with Gasteiger partial charge in [-0.05, 0) is 32.0 Å². The second-order valence-corrected chi connectivity index (χ2v) is 5.52. The first kappa shape index (κ1) is 15.0. The largest absolute Gasteiger partial charge is 0.353 e. The molecule has 0 spiro atoms. The summed E-state index contributed by atoms with van der Waals surface area (Å²) in [5.41, 5.74) is 1.30. The lowest BCUT2D eigenvalue weighted by Crippen LogP contribution is -2.47. The number of nitrogens with zero attached hydrogens (tertiary/aromatic N) is 1. The lowest BCUT2D eigenvalue weighted by Gasteiger charge is -2.23. The van der Waals surface area contributed by atoms with Gasteiger partial charge >= 0.3 is 0 Å². The van der Waals surface area contributed by atoms with Gasteiger partial charge < -0.3 is 15.5 Å². The van der Waals surface area contributed by atoms with Gasteiger partial charge in [0.15, 0.2) is 0 Å². The number of benzene rings is 1. The van der Waals surface area contributed by atoms with Crippen molar-refractivity contribution in [3.8, 4) is 0 Å². The molecule has 1 heterocycles. The van der Waals surface area contributed by atoms with Crippen molar-refractivity contribution in [2.75, 3.05) is 26.7 Å². The smallest absolute Gasteiger partial charge is 0.237 e. The minimum Gasteiger partial charge on any atom is -0.353 e. The number of hydrogen-bond donors (Lipinski definition) is 2. The zero-order valence-electron chi connectivity index (χ0n) is 12.3. The third-order valence-electron chi connectivity index (χ3n) is 3.71. The predicted octanol–water partition coefficient (Wildman–Crippen LogP) is 1.38. The molecule has 2 rings (SSSR count). The van der Waals surface area contributed by atoms with Crippen LogP contribution in [0.25, 0.3) is 0 Å². The fourth-order valence-electron chi connectivity index (χ4n) is 2.54. The molecule has 1 amide bonds. The Hall–Kier alpha value is -1.39. The van der Waals surface area contributed by atoms with Gasteiger partial charge in [0.05, 0.1) is 6.04 Å². The Kier molecular flexibility index (Phi) is 6.02. The molecule has 0 bridgehead atoms. The maximum absolute atomic E-state index is 11.9. The molecular formula is C16H25N3O. The van der Waals surface area contributed by atoms with E-state index in [1.165, 1.54) is 12.0 Å². The second kappa shape index (κ2) is 8.02. The van der Waals surface area contributed by atoms with E-state index in [9.17, 15) is 4.79 Å². The average Bonchev–Trinajstić information content (AvgIpc) is 2.49. The molecule has 0 unspecified atom stereocenters. The van der Waals surface area contributed by atoms with Crippen molar-refractivity contribution in [1.82, 2.24) is 15.5 Å². The first-order chi connectivity index (χ1) is 9.75. The van der Waals surface area contributed by atoms with Gasteiger partial charge in [-0.2, -0.15) is 0 Å². The van der Waals surface area contributed by atoms with Gasteiger partial charge in [-0.25, -0.2) is 0 Å². The summed E-state index contributed by atoms with van der Waals surface area (Å²) in [6.45, 7) is 3.46. The summed E-state index contributed by atoms with van der Waals surface area (Å²) < 4.78 is 0. The van der Waals surface area contributed by atoms with Gasteiger partial charge in [0, 0.05) is 19.6 Å². The molecule has 1 saturated heterocycles. The number of carbonyl (C=O) groups excluding carboxylic acids is 1. The van der Waals surface area contributed by atoms with E-state index >= 15 is 0 Å². The van der Waals surface area contributed by atoms with Crippen LogP contribution in [0.15, 0.2) is 30.3 Å². The summed E-state index contributed by atoms with van der Waals surface area (Å²) in [6.07, 6.45) is 3.30. The highest BCUT2D eigenvalue weighted by Crippen LogP contribution is 2.06. The third kappa shape index (κ3) is 4.94. The molecule has 0 aliphatic carbocycles. The van der Waals surface area contributed by atoms with E-state index in [-0.39, 0.29) is 11.9 Å². The number of nitrogens with one attached hydrogen (secondary N) is 2. The van der Waals surface area contributed by atoms with Crippen molar-refractivity contribution >= 4 is 5.91 Å². The lowest BCUT2D eigenvalue weighted by molar-refractivity contribution is -0.123. The minimum atomic E-state index is 0.0168. The van der Waals surface area contributed by atoms with E-state index in [1.807, 2.05) is 6.07 Å². The summed E-state index contributed by atoms with van der Waals surface area (Å²) in [7, 11) is 2.08. The molecule has 4 nitrogen and oxygen atoms in total. The molecule has 1 aromatic carbocycles. The molecule has 1 atom stereocenters. The van der Waals surface area contributed by atoms with Gasteiger partial charge in [0.1, 0.15) is 0 Å². The Labute approximate surface area is 121 Å². The Morgan fingerprint density at radius 3 is 2.85 bits per heavy atom. The highest BCUT2D eigenvalue weighted by Gasteiger charge is 2.19. The van der Waals surface area contributed by atoms with E-state index in [4.69, 9.17) is 0 Å². The van der Waals surface area contributed by atoms with Crippen molar-refractivity contribution in [3.05, 3.63) is 35.9 Å². The molecule has 20 heavy (non-hydrogen) atoms. The van der Waals surface area contributed by atoms with Crippen LogP contribution in [-0.4, -0.2) is 43.5 Å². The standard InChI is InChI=1S/C16H25N3O/c1-19(13-14-7-3-2-4-8-14)12-11-18-16(20)15-9-5-6-10-17-15/h2-4,7-8,15,17H,5-6,9-13H2,1H3,(H,18,20)/t15-/m1/s1. The van der Waals surface area contributed by atoms with Gasteiger partial charge in [-0.15, -0.1) is 0 Å². The van der Waals surface area contributed by atoms with Gasteiger partial charge in [0.2, 0.25) is 5.91 Å². The number of likely N-dealkylation sites (N-methyl/N-ethyl adjacent to an activating group) is 1. The van der Waals surface area contributed by atoms with Gasteiger partial charge in [0.25, 0.3) is 0 Å². The molecule has 1 aliphatic rings. The summed E-state index contributed by atoms with van der Waals surface area (Å²) in [5.74, 6) is 0.151. The summed E-state index contributed by atoms with van der Waals surface area (Å²) in [6, 6.07) is 10.4. The molecule has 0 aromatic heterocycles. The van der Waals surface area contributed by atoms with Gasteiger partial charge in [-0.1, -0.05) is 36.8 Å². The van der Waals surface area contributed by atoms with E-state index in [0.717, 1.165) is 32.5 Å². The molecule has 2 N–H and O–H groups in total. The lowest BCUT2D eigenvalue weighted by atomic mass is 10.0. The van der Waals surface area contributed by atoms with Crippen LogP contribution in [0.4, 0.5) is 0 Å². The molecule has 1 aromatic rings. The number of hydrogen-bond acceptors (Lipinski definition) is 3. The monoisotopic (exact) mass is 275 g/mol. The molecule has 0 saturated carbocycles. The topological polar surface area (TPSA) is 44.4 Å². The molecule has 1 aliphatic heterocycles. The van der Waals surface area contributed by atoms with E-state index < -0.39 is 0 Å².